The first-order valence-corrected chi connectivity index (χ1v) is 7.23. The van der Waals surface area contributed by atoms with Crippen LogP contribution in [-0.2, 0) is 10.0 Å². The summed E-state index contributed by atoms with van der Waals surface area (Å²) in [5, 5.41) is 0. The summed E-state index contributed by atoms with van der Waals surface area (Å²) in [6, 6.07) is 6.61. The van der Waals surface area contributed by atoms with Crippen molar-refractivity contribution in [1.29, 1.82) is 0 Å². The zero-order chi connectivity index (χ0) is 15.6. The molecule has 21 heavy (non-hydrogen) atoms. The van der Waals surface area contributed by atoms with Crippen LogP contribution in [0.25, 0.3) is 0 Å². The van der Waals surface area contributed by atoms with Gasteiger partial charge in [-0.3, -0.25) is 4.72 Å². The Morgan fingerprint density at radius 1 is 1.10 bits per heavy atom. The van der Waals surface area contributed by atoms with Crippen molar-refractivity contribution in [2.75, 3.05) is 17.6 Å². The van der Waals surface area contributed by atoms with Crippen LogP contribution < -0.4 is 15.2 Å². The number of halogens is 2. The molecular weight excluding hydrogens is 302 g/mol. The minimum atomic E-state index is -4.31. The Bertz CT molecular complexity index is 779. The van der Waals surface area contributed by atoms with Gasteiger partial charge in [0, 0.05) is 11.8 Å². The maximum atomic E-state index is 13.6. The van der Waals surface area contributed by atoms with Gasteiger partial charge in [0.1, 0.15) is 22.3 Å². The van der Waals surface area contributed by atoms with Gasteiger partial charge in [0.25, 0.3) is 10.0 Å². The number of anilines is 2. The van der Waals surface area contributed by atoms with E-state index in [2.05, 4.69) is 0 Å². The molecule has 0 heterocycles. The summed E-state index contributed by atoms with van der Waals surface area (Å²) in [6.07, 6.45) is 0. The van der Waals surface area contributed by atoms with Crippen molar-refractivity contribution in [1.82, 2.24) is 0 Å². The number of hydrogen-bond acceptors (Lipinski definition) is 4. The molecule has 3 N–H and O–H groups in total. The molecule has 0 amide bonds. The van der Waals surface area contributed by atoms with Crippen molar-refractivity contribution in [3.8, 4) is 5.75 Å². The summed E-state index contributed by atoms with van der Waals surface area (Å²) in [7, 11) is -2.96. The number of benzene rings is 2. The number of methoxy groups -OCH3 is 1. The van der Waals surface area contributed by atoms with Crippen LogP contribution >= 0.6 is 0 Å². The third kappa shape index (κ3) is 3.22. The third-order valence-electron chi connectivity index (χ3n) is 2.66. The Hall–Kier alpha value is -2.35. The highest BCUT2D eigenvalue weighted by molar-refractivity contribution is 7.92. The molecule has 0 unspecified atom stereocenters. The van der Waals surface area contributed by atoms with Crippen LogP contribution in [0.5, 0.6) is 5.75 Å². The van der Waals surface area contributed by atoms with Gasteiger partial charge < -0.3 is 10.5 Å². The van der Waals surface area contributed by atoms with E-state index in [1.807, 2.05) is 4.72 Å². The van der Waals surface area contributed by atoms with Gasteiger partial charge in [-0.05, 0) is 30.3 Å². The minimum absolute atomic E-state index is 0.0721. The van der Waals surface area contributed by atoms with Gasteiger partial charge in [-0.1, -0.05) is 0 Å². The van der Waals surface area contributed by atoms with E-state index in [1.54, 1.807) is 0 Å². The summed E-state index contributed by atoms with van der Waals surface area (Å²) in [4.78, 5) is -0.662. The van der Waals surface area contributed by atoms with Crippen LogP contribution in [0.1, 0.15) is 0 Å². The molecule has 5 nitrogen and oxygen atoms in total. The molecule has 0 radical (unpaired) electrons. The van der Waals surface area contributed by atoms with Gasteiger partial charge in [-0.25, -0.2) is 17.2 Å². The second-order valence-electron chi connectivity index (χ2n) is 4.14. The van der Waals surface area contributed by atoms with Gasteiger partial charge in [0.15, 0.2) is 0 Å². The van der Waals surface area contributed by atoms with E-state index < -0.39 is 26.6 Å². The average Bonchev–Trinajstić information content (AvgIpc) is 2.43. The molecule has 0 saturated heterocycles. The average molecular weight is 314 g/mol. The van der Waals surface area contributed by atoms with Gasteiger partial charge in [0.05, 0.1) is 12.8 Å². The fourth-order valence-electron chi connectivity index (χ4n) is 1.64. The van der Waals surface area contributed by atoms with Crippen LogP contribution in [0.4, 0.5) is 20.2 Å². The lowest BCUT2D eigenvalue weighted by atomic mass is 10.3. The van der Waals surface area contributed by atoms with E-state index in [9.17, 15) is 17.2 Å². The number of sulfonamides is 1. The molecule has 0 atom stereocenters. The number of nitrogen functional groups attached to an aromatic ring is 1. The number of nitrogens with one attached hydrogen (secondary N) is 1. The molecule has 0 bridgehead atoms. The van der Waals surface area contributed by atoms with Gasteiger partial charge in [0.2, 0.25) is 0 Å². The van der Waals surface area contributed by atoms with Crippen molar-refractivity contribution in [2.24, 2.45) is 0 Å². The SMILES string of the molecule is COc1ccc(F)c(NS(=O)(=O)c2cc(N)ccc2F)c1. The van der Waals surface area contributed by atoms with Crippen molar-refractivity contribution in [3.63, 3.8) is 0 Å². The van der Waals surface area contributed by atoms with E-state index in [1.165, 1.54) is 19.2 Å². The van der Waals surface area contributed by atoms with Gasteiger partial charge >= 0.3 is 0 Å². The van der Waals surface area contributed by atoms with Crippen LogP contribution in [0.2, 0.25) is 0 Å². The predicted molar refractivity (Wildman–Crippen MR) is 74.6 cm³/mol. The second-order valence-corrected chi connectivity index (χ2v) is 5.79. The maximum Gasteiger partial charge on any atom is 0.264 e. The number of nitrogens with two attached hydrogens (primary N) is 1. The molecule has 0 aliphatic heterocycles. The lowest BCUT2D eigenvalue weighted by Gasteiger charge is -2.11. The van der Waals surface area contributed by atoms with Gasteiger partial charge in [-0.15, -0.1) is 0 Å². The second kappa shape index (κ2) is 5.57. The first-order chi connectivity index (χ1) is 9.83. The Morgan fingerprint density at radius 3 is 2.43 bits per heavy atom. The minimum Gasteiger partial charge on any atom is -0.497 e. The van der Waals surface area contributed by atoms with Gasteiger partial charge in [-0.2, -0.15) is 0 Å². The van der Waals surface area contributed by atoms with Crippen LogP contribution in [0.15, 0.2) is 41.3 Å². The highest BCUT2D eigenvalue weighted by atomic mass is 32.2. The molecule has 0 aromatic heterocycles. The quantitative estimate of drug-likeness (QED) is 0.849. The molecule has 2 aromatic rings. The predicted octanol–water partition coefficient (Wildman–Crippen LogP) is 2.36. The topological polar surface area (TPSA) is 81.4 Å². The van der Waals surface area contributed by atoms with Crippen molar-refractivity contribution < 1.29 is 21.9 Å². The fraction of sp³-hybridized carbons (Fsp3) is 0.0769. The molecule has 0 aliphatic carbocycles. The van der Waals surface area contributed by atoms with Crippen molar-refractivity contribution in [2.45, 2.75) is 4.90 Å². The van der Waals surface area contributed by atoms with E-state index in [0.29, 0.717) is 0 Å². The lowest BCUT2D eigenvalue weighted by Crippen LogP contribution is -2.16. The third-order valence-corrected chi connectivity index (χ3v) is 4.04. The first kappa shape index (κ1) is 15.0. The summed E-state index contributed by atoms with van der Waals surface area (Å²) in [5.41, 5.74) is 5.16. The first-order valence-electron chi connectivity index (χ1n) is 5.75. The standard InChI is InChI=1S/C13H12F2N2O3S/c1-20-9-3-5-10(14)12(7-9)17-21(18,19)13-6-8(16)2-4-11(13)15/h2-7,17H,16H2,1H3. The molecule has 8 heteroatoms. The van der Waals surface area contributed by atoms with E-state index in [0.717, 1.165) is 24.3 Å². The Balaban J connectivity index is 2.44. The van der Waals surface area contributed by atoms with E-state index in [-0.39, 0.29) is 17.1 Å². The highest BCUT2D eigenvalue weighted by Crippen LogP contribution is 2.25. The number of hydrogen-bond donors (Lipinski definition) is 2. The molecule has 0 saturated carbocycles. The number of rotatable bonds is 4. The van der Waals surface area contributed by atoms with E-state index >= 15 is 0 Å². The van der Waals surface area contributed by atoms with Crippen molar-refractivity contribution in [3.05, 3.63) is 48.0 Å². The summed E-state index contributed by atoms with van der Waals surface area (Å²) < 4.78 is 58.3. The van der Waals surface area contributed by atoms with Crippen molar-refractivity contribution >= 4 is 21.4 Å². The fourth-order valence-corrected chi connectivity index (χ4v) is 2.81. The zero-order valence-electron chi connectivity index (χ0n) is 10.9. The lowest BCUT2D eigenvalue weighted by molar-refractivity contribution is 0.414. The molecule has 0 aliphatic rings. The van der Waals surface area contributed by atoms with Crippen LogP contribution in [0.3, 0.4) is 0 Å². The largest absolute Gasteiger partial charge is 0.497 e. The summed E-state index contributed by atoms with van der Waals surface area (Å²) >= 11 is 0. The molecule has 0 spiro atoms. The Labute approximate surface area is 120 Å². The molecular formula is C13H12F2N2O3S. The summed E-state index contributed by atoms with van der Waals surface area (Å²) in [5.74, 6) is -1.55. The molecule has 112 valence electrons. The zero-order valence-corrected chi connectivity index (χ0v) is 11.7. The highest BCUT2D eigenvalue weighted by Gasteiger charge is 2.21. The Kier molecular flexibility index (Phi) is 3.99. The normalized spacial score (nSPS) is 11.2. The molecule has 2 aromatic carbocycles. The van der Waals surface area contributed by atoms with Crippen LogP contribution in [-0.4, -0.2) is 15.5 Å². The Morgan fingerprint density at radius 2 is 1.76 bits per heavy atom. The maximum absolute atomic E-state index is 13.6. The molecule has 0 fully saturated rings. The molecule has 2 rings (SSSR count). The summed E-state index contributed by atoms with van der Waals surface area (Å²) in [6.45, 7) is 0. The van der Waals surface area contributed by atoms with Crippen LogP contribution in [0, 0.1) is 11.6 Å². The number of ether oxygens (including phenoxy) is 1. The smallest absolute Gasteiger partial charge is 0.264 e. The van der Waals surface area contributed by atoms with E-state index in [4.69, 9.17) is 10.5 Å². The monoisotopic (exact) mass is 314 g/mol.